The van der Waals surface area contributed by atoms with E-state index >= 15 is 0 Å². The Labute approximate surface area is 360 Å². The predicted molar refractivity (Wildman–Crippen MR) is 257 cm³/mol. The Balaban J connectivity index is 1.46. The van der Waals surface area contributed by atoms with Crippen LogP contribution in [0.1, 0.15) is 67.3 Å². The molecule has 11 rings (SSSR count). The maximum absolute atomic E-state index is 12.0. The second kappa shape index (κ2) is 14.1. The minimum absolute atomic E-state index is 0.313. The third-order valence-corrected chi connectivity index (χ3v) is 13.0. The van der Waals surface area contributed by atoms with Crippen LogP contribution >= 0.6 is 0 Å². The lowest BCUT2D eigenvalue weighted by molar-refractivity contribution is 0.868. The second-order valence-electron chi connectivity index (χ2n) is 17.2. The first kappa shape index (κ1) is 37.2. The molecule has 0 unspecified atom stereocenters. The summed E-state index contributed by atoms with van der Waals surface area (Å²) < 4.78 is 6.77. The molecule has 3 aromatic heterocycles. The first-order valence-corrected chi connectivity index (χ1v) is 21.5. The van der Waals surface area contributed by atoms with E-state index in [4.69, 9.17) is 0 Å². The minimum atomic E-state index is 0.313. The third kappa shape index (κ3) is 5.32. The fraction of sp³-hybridized carbons (Fsp3) is 0.123. The molecule has 0 amide bonds. The maximum Gasteiger partial charge on any atom is 0.104 e. The quantitative estimate of drug-likeness (QED) is 0.168. The molecule has 0 atom stereocenters. The van der Waals surface area contributed by atoms with Gasteiger partial charge < -0.3 is 13.7 Å². The van der Waals surface area contributed by atoms with Crippen molar-refractivity contribution in [2.24, 2.45) is 0 Å². The standard InChI is InChI=1S/C57H43N5/c1-34(2)38-26-28-52-44(30-38)45-31-39(35(3)4)27-29-53(45)60(52)55-46(32-58)56(61-48-18-10-6-14-40(48)41-15-7-11-19-49(41)61)54(37-24-22-36(5)23-25-37)57(47(55)33-59)62-50-20-12-8-16-42(50)43-17-9-13-21-51(43)62/h6-31,34-35H,1-5H3. The Hall–Kier alpha value is -7.86. The van der Waals surface area contributed by atoms with Crippen LogP contribution in [-0.4, -0.2) is 13.7 Å². The maximum atomic E-state index is 12.0. The molecular formula is C57H43N5. The summed E-state index contributed by atoms with van der Waals surface area (Å²) in [5.41, 5.74) is 14.0. The van der Waals surface area contributed by atoms with Crippen molar-refractivity contribution in [3.63, 3.8) is 0 Å². The van der Waals surface area contributed by atoms with Gasteiger partial charge in [0.15, 0.2) is 0 Å². The summed E-state index contributed by atoms with van der Waals surface area (Å²) in [6.07, 6.45) is 0. The van der Waals surface area contributed by atoms with Crippen molar-refractivity contribution in [3.8, 4) is 40.3 Å². The Kier molecular flexibility index (Phi) is 8.47. The van der Waals surface area contributed by atoms with Crippen LogP contribution in [0.5, 0.6) is 0 Å². The SMILES string of the molecule is Cc1ccc(-c2c(-n3c4ccccc4c4ccccc43)c(C#N)c(-n3c4ccc(C(C)C)cc4c4cc(C(C)C)ccc43)c(C#N)c2-n2c3ccccc3c3ccccc32)cc1. The highest BCUT2D eigenvalue weighted by atomic mass is 15.1. The number of rotatable bonds is 6. The third-order valence-electron chi connectivity index (χ3n) is 13.0. The Morgan fingerprint density at radius 1 is 0.387 bits per heavy atom. The van der Waals surface area contributed by atoms with Gasteiger partial charge in [-0.2, -0.15) is 10.5 Å². The molecule has 8 aromatic carbocycles. The average molecular weight is 798 g/mol. The highest BCUT2D eigenvalue weighted by Gasteiger charge is 2.33. The fourth-order valence-electron chi connectivity index (χ4n) is 9.93. The number of hydrogen-bond acceptors (Lipinski definition) is 2. The van der Waals surface area contributed by atoms with Crippen molar-refractivity contribution >= 4 is 65.4 Å². The van der Waals surface area contributed by atoms with Crippen molar-refractivity contribution < 1.29 is 0 Å². The van der Waals surface area contributed by atoms with Crippen LogP contribution in [0.15, 0.2) is 158 Å². The average Bonchev–Trinajstić information content (AvgIpc) is 3.93. The molecule has 0 fully saturated rings. The van der Waals surface area contributed by atoms with E-state index in [9.17, 15) is 10.5 Å². The van der Waals surface area contributed by atoms with Crippen molar-refractivity contribution in [1.82, 2.24) is 13.7 Å². The lowest BCUT2D eigenvalue weighted by atomic mass is 9.91. The van der Waals surface area contributed by atoms with Gasteiger partial charge in [0.05, 0.1) is 50.2 Å². The monoisotopic (exact) mass is 797 g/mol. The van der Waals surface area contributed by atoms with Gasteiger partial charge in [0.25, 0.3) is 0 Å². The van der Waals surface area contributed by atoms with Crippen LogP contribution in [0.25, 0.3) is 93.6 Å². The van der Waals surface area contributed by atoms with Gasteiger partial charge >= 0.3 is 0 Å². The highest BCUT2D eigenvalue weighted by Crippen LogP contribution is 2.49. The number of nitriles is 2. The van der Waals surface area contributed by atoms with Gasteiger partial charge in [-0.15, -0.1) is 0 Å². The summed E-state index contributed by atoms with van der Waals surface area (Å²) in [6, 6.07) is 61.4. The van der Waals surface area contributed by atoms with Gasteiger partial charge in [-0.25, -0.2) is 0 Å². The number of fused-ring (bicyclic) bond motifs is 9. The normalized spacial score (nSPS) is 11.9. The predicted octanol–water partition coefficient (Wildman–Crippen LogP) is 14.9. The van der Waals surface area contributed by atoms with Gasteiger partial charge in [-0.05, 0) is 84.0 Å². The number of benzene rings is 8. The van der Waals surface area contributed by atoms with Crippen LogP contribution < -0.4 is 0 Å². The van der Waals surface area contributed by atoms with E-state index in [0.717, 1.165) is 93.5 Å². The zero-order valence-corrected chi connectivity index (χ0v) is 35.4. The van der Waals surface area contributed by atoms with Crippen molar-refractivity contribution in [3.05, 3.63) is 186 Å². The van der Waals surface area contributed by atoms with Crippen molar-refractivity contribution in [1.29, 1.82) is 10.5 Å². The van der Waals surface area contributed by atoms with E-state index in [2.05, 4.69) is 218 Å². The second-order valence-corrected chi connectivity index (χ2v) is 17.2. The molecule has 0 aliphatic rings. The van der Waals surface area contributed by atoms with E-state index in [1.807, 2.05) is 0 Å². The largest absolute Gasteiger partial charge is 0.307 e. The zero-order chi connectivity index (χ0) is 42.4. The molecule has 11 aromatic rings. The molecule has 0 aliphatic heterocycles. The lowest BCUT2D eigenvalue weighted by Crippen LogP contribution is -2.14. The Morgan fingerprint density at radius 2 is 0.726 bits per heavy atom. The number of aromatic nitrogens is 3. The number of hydrogen-bond donors (Lipinski definition) is 0. The van der Waals surface area contributed by atoms with Gasteiger partial charge in [-0.1, -0.05) is 142 Å². The molecule has 0 saturated carbocycles. The number of para-hydroxylation sites is 4. The van der Waals surface area contributed by atoms with E-state index in [0.29, 0.717) is 28.7 Å². The summed E-state index contributed by atoms with van der Waals surface area (Å²) in [5.74, 6) is 0.626. The molecule has 0 aliphatic carbocycles. The van der Waals surface area contributed by atoms with Gasteiger partial charge in [0.2, 0.25) is 0 Å². The van der Waals surface area contributed by atoms with Crippen molar-refractivity contribution in [2.45, 2.75) is 46.5 Å². The number of aryl methyl sites for hydroxylation is 1. The molecule has 296 valence electrons. The summed E-state index contributed by atoms with van der Waals surface area (Å²) in [4.78, 5) is 0. The molecular weight excluding hydrogens is 755 g/mol. The highest BCUT2D eigenvalue weighted by molar-refractivity contribution is 6.14. The number of nitrogens with zero attached hydrogens (tertiary/aromatic N) is 5. The fourth-order valence-corrected chi connectivity index (χ4v) is 9.93. The Bertz CT molecular complexity index is 3400. The first-order valence-electron chi connectivity index (χ1n) is 21.5. The minimum Gasteiger partial charge on any atom is -0.307 e. The molecule has 0 spiro atoms. The molecule has 3 heterocycles. The van der Waals surface area contributed by atoms with Crippen molar-refractivity contribution in [2.75, 3.05) is 0 Å². The molecule has 0 radical (unpaired) electrons. The molecule has 0 N–H and O–H groups in total. The van der Waals surface area contributed by atoms with Gasteiger partial charge in [-0.3, -0.25) is 0 Å². The van der Waals surface area contributed by atoms with E-state index < -0.39 is 0 Å². The van der Waals surface area contributed by atoms with E-state index in [1.54, 1.807) is 0 Å². The first-order chi connectivity index (χ1) is 30.3. The lowest BCUT2D eigenvalue weighted by Gasteiger charge is -2.26. The summed E-state index contributed by atoms with van der Waals surface area (Å²) in [7, 11) is 0. The van der Waals surface area contributed by atoms with E-state index in [-0.39, 0.29) is 0 Å². The van der Waals surface area contributed by atoms with E-state index in [1.165, 1.54) is 11.1 Å². The van der Waals surface area contributed by atoms with Gasteiger partial charge in [0, 0.05) is 37.9 Å². The summed E-state index contributed by atoms with van der Waals surface area (Å²) in [6.45, 7) is 11.0. The molecule has 0 saturated heterocycles. The molecule has 62 heavy (non-hydrogen) atoms. The van der Waals surface area contributed by atoms with Crippen LogP contribution in [0, 0.1) is 29.6 Å². The van der Waals surface area contributed by atoms with Crippen LogP contribution in [0.3, 0.4) is 0 Å². The summed E-state index contributed by atoms with van der Waals surface area (Å²) in [5, 5.41) is 30.6. The van der Waals surface area contributed by atoms with Crippen LogP contribution in [0.2, 0.25) is 0 Å². The topological polar surface area (TPSA) is 62.4 Å². The zero-order valence-electron chi connectivity index (χ0n) is 35.4. The Morgan fingerprint density at radius 3 is 1.08 bits per heavy atom. The smallest absolute Gasteiger partial charge is 0.104 e. The molecule has 5 nitrogen and oxygen atoms in total. The van der Waals surface area contributed by atoms with Crippen LogP contribution in [0.4, 0.5) is 0 Å². The molecule has 0 bridgehead atoms. The van der Waals surface area contributed by atoms with Gasteiger partial charge in [0.1, 0.15) is 23.3 Å². The molecule has 5 heteroatoms. The van der Waals surface area contributed by atoms with Crippen LogP contribution in [-0.2, 0) is 0 Å². The summed E-state index contributed by atoms with van der Waals surface area (Å²) >= 11 is 0.